The maximum Gasteiger partial charge on any atom is 0.319 e. The minimum absolute atomic E-state index is 0.0290. The molecule has 1 saturated heterocycles. The lowest BCUT2D eigenvalue weighted by atomic mass is 10.1. The highest BCUT2D eigenvalue weighted by molar-refractivity contribution is 7.11. The third-order valence-corrected chi connectivity index (χ3v) is 5.86. The zero-order valence-corrected chi connectivity index (χ0v) is 17.9. The van der Waals surface area contributed by atoms with Crippen LogP contribution in [0.5, 0.6) is 5.88 Å². The molecule has 3 rings (SSSR count). The number of aromatic nitrogens is 1. The fourth-order valence-corrected chi connectivity index (χ4v) is 4.23. The van der Waals surface area contributed by atoms with Gasteiger partial charge in [-0.15, -0.1) is 0 Å². The summed E-state index contributed by atoms with van der Waals surface area (Å²) in [6.07, 6.45) is 2.15. The molecular weight excluding hydrogens is 409 g/mol. The number of hydrogen-bond donors (Lipinski definition) is 3. The largest absolute Gasteiger partial charge is 0.471 e. The van der Waals surface area contributed by atoms with Crippen LogP contribution in [-0.2, 0) is 6.61 Å². The highest BCUT2D eigenvalue weighted by atomic mass is 32.1. The molecule has 0 bridgehead atoms. The van der Waals surface area contributed by atoms with E-state index in [0.717, 1.165) is 43.0 Å². The van der Waals surface area contributed by atoms with E-state index in [-0.39, 0.29) is 23.1 Å². The molecule has 0 saturated carbocycles. The Morgan fingerprint density at radius 3 is 2.93 bits per heavy atom. The van der Waals surface area contributed by atoms with Crippen molar-refractivity contribution in [2.75, 3.05) is 25.0 Å². The number of amides is 3. The van der Waals surface area contributed by atoms with E-state index in [0.29, 0.717) is 18.2 Å². The predicted molar refractivity (Wildman–Crippen MR) is 113 cm³/mol. The zero-order valence-electron chi connectivity index (χ0n) is 17.0. The topological polar surface area (TPSA) is 110 Å². The summed E-state index contributed by atoms with van der Waals surface area (Å²) in [5.74, 6) is -1.22. The van der Waals surface area contributed by atoms with E-state index in [9.17, 15) is 14.0 Å². The van der Waals surface area contributed by atoms with E-state index in [1.165, 1.54) is 6.07 Å². The molecule has 1 aromatic carbocycles. The summed E-state index contributed by atoms with van der Waals surface area (Å²) in [6, 6.07) is 4.63. The maximum atomic E-state index is 14.0. The molecule has 2 heterocycles. The number of primary amides is 1. The average molecular weight is 436 g/mol. The van der Waals surface area contributed by atoms with Gasteiger partial charge in [-0.2, -0.15) is 4.37 Å². The Labute approximate surface area is 178 Å². The fraction of sp³-hybridized carbons (Fsp3) is 0.450. The van der Waals surface area contributed by atoms with Gasteiger partial charge in [0.05, 0.1) is 0 Å². The van der Waals surface area contributed by atoms with Crippen molar-refractivity contribution in [3.8, 4) is 5.88 Å². The molecule has 0 radical (unpaired) electrons. The lowest BCUT2D eigenvalue weighted by Crippen LogP contribution is -2.41. The monoisotopic (exact) mass is 435 g/mol. The van der Waals surface area contributed by atoms with Gasteiger partial charge < -0.3 is 15.8 Å². The number of carbonyl (C=O) groups is 2. The first-order valence-corrected chi connectivity index (χ1v) is 10.6. The Hall–Kier alpha value is -2.72. The first-order valence-electron chi connectivity index (χ1n) is 9.85. The van der Waals surface area contributed by atoms with Crippen LogP contribution in [0.4, 0.5) is 14.2 Å². The molecule has 1 atom stereocenters. The van der Waals surface area contributed by atoms with Crippen LogP contribution in [0, 0.1) is 12.7 Å². The van der Waals surface area contributed by atoms with Crippen LogP contribution in [-0.4, -0.2) is 46.9 Å². The van der Waals surface area contributed by atoms with Gasteiger partial charge in [0, 0.05) is 18.2 Å². The van der Waals surface area contributed by atoms with Crippen LogP contribution in [0.25, 0.3) is 0 Å². The number of carbonyl (C=O) groups excluding carboxylic acids is 2. The molecule has 2 aromatic rings. The second-order valence-electron chi connectivity index (χ2n) is 7.20. The van der Waals surface area contributed by atoms with E-state index >= 15 is 0 Å². The van der Waals surface area contributed by atoms with Gasteiger partial charge in [0.2, 0.25) is 5.88 Å². The number of hydrogen-bond acceptors (Lipinski definition) is 6. The summed E-state index contributed by atoms with van der Waals surface area (Å²) in [4.78, 5) is 26.5. The van der Waals surface area contributed by atoms with Gasteiger partial charge in [0.1, 0.15) is 23.0 Å². The van der Waals surface area contributed by atoms with Gasteiger partial charge in [-0.05, 0) is 56.0 Å². The molecule has 10 heteroatoms. The third kappa shape index (κ3) is 5.25. The normalized spacial score (nSPS) is 16.4. The van der Waals surface area contributed by atoms with Crippen molar-refractivity contribution in [3.63, 3.8) is 0 Å². The number of urea groups is 1. The van der Waals surface area contributed by atoms with Gasteiger partial charge >= 0.3 is 6.03 Å². The molecule has 8 nitrogen and oxygen atoms in total. The van der Waals surface area contributed by atoms with Crippen molar-refractivity contribution < 1.29 is 18.7 Å². The summed E-state index contributed by atoms with van der Waals surface area (Å²) >= 11 is 0.886. The molecule has 0 aliphatic carbocycles. The molecule has 1 aromatic heterocycles. The number of rotatable bonds is 8. The quantitative estimate of drug-likeness (QED) is 0.591. The number of aryl methyl sites for hydroxylation is 1. The number of nitrogens with zero attached hydrogens (tertiary/aromatic N) is 2. The van der Waals surface area contributed by atoms with Gasteiger partial charge in [0.15, 0.2) is 0 Å². The van der Waals surface area contributed by atoms with E-state index in [4.69, 9.17) is 10.5 Å². The van der Waals surface area contributed by atoms with Crippen LogP contribution >= 0.6 is 11.5 Å². The lowest BCUT2D eigenvalue weighted by molar-refractivity contribution is 0.0996. The summed E-state index contributed by atoms with van der Waals surface area (Å²) < 4.78 is 23.6. The van der Waals surface area contributed by atoms with Gasteiger partial charge in [-0.3, -0.25) is 15.0 Å². The Balaban J connectivity index is 1.62. The Kier molecular flexibility index (Phi) is 7.22. The first kappa shape index (κ1) is 22.0. The molecule has 1 unspecified atom stereocenters. The number of ether oxygens (including phenoxy) is 1. The van der Waals surface area contributed by atoms with Crippen LogP contribution in [0.2, 0.25) is 0 Å². The highest BCUT2D eigenvalue weighted by Gasteiger charge is 2.25. The van der Waals surface area contributed by atoms with Gasteiger partial charge in [-0.1, -0.05) is 19.1 Å². The van der Waals surface area contributed by atoms with Crippen molar-refractivity contribution in [2.45, 2.75) is 39.3 Å². The van der Waals surface area contributed by atoms with Crippen molar-refractivity contribution in [1.29, 1.82) is 0 Å². The minimum atomic E-state index is -0.786. The van der Waals surface area contributed by atoms with Gasteiger partial charge in [-0.25, -0.2) is 9.18 Å². The molecule has 1 aliphatic rings. The Morgan fingerprint density at radius 1 is 1.43 bits per heavy atom. The van der Waals surface area contributed by atoms with Crippen molar-refractivity contribution in [3.05, 3.63) is 40.7 Å². The van der Waals surface area contributed by atoms with E-state index in [2.05, 4.69) is 26.8 Å². The summed E-state index contributed by atoms with van der Waals surface area (Å²) in [5.41, 5.74) is 6.55. The van der Waals surface area contributed by atoms with Crippen LogP contribution < -0.4 is 21.1 Å². The molecular formula is C20H26FN5O3S. The molecule has 1 fully saturated rings. The molecule has 1 aliphatic heterocycles. The fourth-order valence-electron chi connectivity index (χ4n) is 3.49. The number of benzene rings is 1. The smallest absolute Gasteiger partial charge is 0.319 e. The predicted octanol–water partition coefficient (Wildman–Crippen LogP) is 2.87. The number of nitrogens with one attached hydrogen (secondary N) is 2. The number of halogens is 1. The van der Waals surface area contributed by atoms with Gasteiger partial charge in [0.25, 0.3) is 5.91 Å². The van der Waals surface area contributed by atoms with E-state index < -0.39 is 17.8 Å². The van der Waals surface area contributed by atoms with Crippen LogP contribution in [0.15, 0.2) is 18.2 Å². The first-order chi connectivity index (χ1) is 14.4. The number of anilines is 1. The summed E-state index contributed by atoms with van der Waals surface area (Å²) in [5, 5.41) is 5.64. The summed E-state index contributed by atoms with van der Waals surface area (Å²) in [6.45, 7) is 6.26. The van der Waals surface area contributed by atoms with Crippen molar-refractivity contribution >= 4 is 28.5 Å². The Bertz CT molecular complexity index is 920. The molecule has 4 N–H and O–H groups in total. The van der Waals surface area contributed by atoms with E-state index in [1.807, 2.05) is 0 Å². The maximum absolute atomic E-state index is 14.0. The highest BCUT2D eigenvalue weighted by Crippen LogP contribution is 2.31. The number of likely N-dealkylation sites (N-methyl/N-ethyl adjacent to an activating group) is 1. The van der Waals surface area contributed by atoms with Crippen LogP contribution in [0.3, 0.4) is 0 Å². The van der Waals surface area contributed by atoms with E-state index in [1.54, 1.807) is 19.1 Å². The van der Waals surface area contributed by atoms with Crippen molar-refractivity contribution in [1.82, 2.24) is 14.6 Å². The average Bonchev–Trinajstić information content (AvgIpc) is 3.32. The lowest BCUT2D eigenvalue weighted by Gasteiger charge is -2.22. The standard InChI is InChI=1S/C20H26FN5O3S/c1-3-26-8-4-5-14(26)10-23-20(28)24-19-16(17(22)27)18(25-30-19)29-11-13-7-6-12(2)9-15(13)21/h6-7,9,14H,3-5,8,10-11H2,1-2H3,(H2,22,27)(H2,23,24,28). The Morgan fingerprint density at radius 2 is 2.23 bits per heavy atom. The number of nitrogens with two attached hydrogens (primary N) is 1. The van der Waals surface area contributed by atoms with Crippen LogP contribution in [0.1, 0.15) is 41.3 Å². The molecule has 3 amide bonds. The second-order valence-corrected chi connectivity index (χ2v) is 7.97. The number of likely N-dealkylation sites (tertiary alicyclic amines) is 1. The zero-order chi connectivity index (χ0) is 21.7. The molecule has 30 heavy (non-hydrogen) atoms. The second kappa shape index (κ2) is 9.86. The molecule has 0 spiro atoms. The summed E-state index contributed by atoms with van der Waals surface area (Å²) in [7, 11) is 0. The minimum Gasteiger partial charge on any atom is -0.471 e. The van der Waals surface area contributed by atoms with Crippen molar-refractivity contribution in [2.24, 2.45) is 5.73 Å². The third-order valence-electron chi connectivity index (χ3n) is 5.11. The molecule has 162 valence electrons. The SMILES string of the molecule is CCN1CCCC1CNC(=O)Nc1snc(OCc2ccc(C)cc2F)c1C(N)=O.